The number of carboxylic acids is 1. The van der Waals surface area contributed by atoms with E-state index in [-0.39, 0.29) is 6.54 Å². The molecule has 0 unspecified atom stereocenters. The summed E-state index contributed by atoms with van der Waals surface area (Å²) in [5.41, 5.74) is -0.654. The maximum Gasteiger partial charge on any atom is 0.337 e. The van der Waals surface area contributed by atoms with Crippen LogP contribution in [0.3, 0.4) is 0 Å². The van der Waals surface area contributed by atoms with E-state index in [1.807, 2.05) is 4.72 Å². The molecule has 0 saturated carbocycles. The van der Waals surface area contributed by atoms with E-state index in [0.717, 1.165) is 6.07 Å². The Morgan fingerprint density at radius 2 is 2.11 bits per heavy atom. The van der Waals surface area contributed by atoms with Crippen LogP contribution >= 0.6 is 11.6 Å². The summed E-state index contributed by atoms with van der Waals surface area (Å²) in [4.78, 5) is 10.2. The molecule has 0 amide bonds. The minimum Gasteiger partial charge on any atom is -0.478 e. The van der Waals surface area contributed by atoms with E-state index in [1.54, 1.807) is 0 Å². The summed E-state index contributed by atoms with van der Waals surface area (Å²) in [5, 5.41) is 17.1. The molecule has 6 nitrogen and oxygen atoms in total. The zero-order valence-corrected chi connectivity index (χ0v) is 11.3. The second-order valence-electron chi connectivity index (χ2n) is 3.77. The van der Waals surface area contributed by atoms with Crippen molar-refractivity contribution >= 4 is 27.6 Å². The van der Waals surface area contributed by atoms with Crippen LogP contribution in [-0.2, 0) is 10.0 Å². The molecule has 0 aliphatic heterocycles. The Hall–Kier alpha value is -1.22. The first-order valence-corrected chi connectivity index (χ1v) is 6.91. The second-order valence-corrected chi connectivity index (χ2v) is 5.92. The lowest BCUT2D eigenvalue weighted by atomic mass is 10.2. The monoisotopic (exact) mass is 311 g/mol. The molecule has 0 aliphatic carbocycles. The van der Waals surface area contributed by atoms with Gasteiger partial charge in [-0.25, -0.2) is 22.3 Å². The van der Waals surface area contributed by atoms with Crippen LogP contribution in [0.2, 0.25) is 5.02 Å². The number of rotatable bonds is 5. The lowest BCUT2D eigenvalue weighted by Crippen LogP contribution is -2.30. The van der Waals surface area contributed by atoms with Gasteiger partial charge in [0, 0.05) is 6.54 Å². The maximum atomic E-state index is 13.4. The lowest BCUT2D eigenvalue weighted by Gasteiger charge is -2.10. The second kappa shape index (κ2) is 5.83. The van der Waals surface area contributed by atoms with Gasteiger partial charge in [-0.1, -0.05) is 11.6 Å². The van der Waals surface area contributed by atoms with Crippen LogP contribution < -0.4 is 4.72 Å². The number of aliphatic hydroxyl groups excluding tert-OH is 1. The van der Waals surface area contributed by atoms with Gasteiger partial charge < -0.3 is 10.2 Å². The molecule has 0 heterocycles. The van der Waals surface area contributed by atoms with Crippen molar-refractivity contribution in [3.8, 4) is 0 Å². The van der Waals surface area contributed by atoms with Gasteiger partial charge in [-0.3, -0.25) is 0 Å². The van der Waals surface area contributed by atoms with Gasteiger partial charge in [0.05, 0.1) is 21.6 Å². The largest absolute Gasteiger partial charge is 0.478 e. The van der Waals surface area contributed by atoms with E-state index in [1.165, 1.54) is 6.92 Å². The standard InChI is InChI=1S/C10H11ClFNO5S/c1-5(14)4-13-19(17,18)6-2-7(10(15)16)9(11)8(12)3-6/h2-3,5,13-14H,4H2,1H3,(H,15,16)/t5-/m1/s1. The number of benzene rings is 1. The third kappa shape index (κ3) is 3.87. The van der Waals surface area contributed by atoms with Gasteiger partial charge >= 0.3 is 5.97 Å². The molecule has 106 valence electrons. The first-order valence-electron chi connectivity index (χ1n) is 5.05. The zero-order valence-electron chi connectivity index (χ0n) is 9.72. The molecule has 0 bridgehead atoms. The third-order valence-electron chi connectivity index (χ3n) is 2.11. The number of aliphatic hydroxyl groups is 1. The van der Waals surface area contributed by atoms with E-state index in [2.05, 4.69) is 0 Å². The van der Waals surface area contributed by atoms with Crippen molar-refractivity contribution in [1.82, 2.24) is 4.72 Å². The highest BCUT2D eigenvalue weighted by molar-refractivity contribution is 7.89. The maximum absolute atomic E-state index is 13.4. The van der Waals surface area contributed by atoms with Crippen LogP contribution in [0.4, 0.5) is 4.39 Å². The molecule has 0 saturated heterocycles. The van der Waals surface area contributed by atoms with Crippen molar-refractivity contribution in [2.45, 2.75) is 17.9 Å². The lowest BCUT2D eigenvalue weighted by molar-refractivity contribution is 0.0696. The number of carbonyl (C=O) groups is 1. The van der Waals surface area contributed by atoms with Crippen LogP contribution in [0.25, 0.3) is 0 Å². The smallest absolute Gasteiger partial charge is 0.337 e. The summed E-state index contributed by atoms with van der Waals surface area (Å²) in [6, 6.07) is 1.36. The summed E-state index contributed by atoms with van der Waals surface area (Å²) in [7, 11) is -4.12. The van der Waals surface area contributed by atoms with E-state index >= 15 is 0 Å². The van der Waals surface area contributed by atoms with Crippen LogP contribution in [0.1, 0.15) is 17.3 Å². The number of hydrogen-bond acceptors (Lipinski definition) is 4. The van der Waals surface area contributed by atoms with Crippen molar-refractivity contribution in [2.24, 2.45) is 0 Å². The SMILES string of the molecule is C[C@@H](O)CNS(=O)(=O)c1cc(F)c(Cl)c(C(=O)O)c1. The molecule has 9 heteroatoms. The molecule has 3 N–H and O–H groups in total. The number of sulfonamides is 1. The quantitative estimate of drug-likeness (QED) is 0.747. The Labute approximate surface area is 113 Å². The van der Waals surface area contributed by atoms with E-state index in [4.69, 9.17) is 21.8 Å². The van der Waals surface area contributed by atoms with Crippen LogP contribution in [0.15, 0.2) is 17.0 Å². The van der Waals surface area contributed by atoms with Crippen molar-refractivity contribution in [1.29, 1.82) is 0 Å². The fourth-order valence-electron chi connectivity index (χ4n) is 1.19. The highest BCUT2D eigenvalue weighted by Gasteiger charge is 2.21. The van der Waals surface area contributed by atoms with Gasteiger partial charge in [-0.15, -0.1) is 0 Å². The molecular weight excluding hydrogens is 301 g/mol. The minimum atomic E-state index is -4.12. The summed E-state index contributed by atoms with van der Waals surface area (Å²) >= 11 is 5.43. The normalized spacial score (nSPS) is 13.3. The summed E-state index contributed by atoms with van der Waals surface area (Å²) < 4.78 is 38.9. The predicted molar refractivity (Wildman–Crippen MR) is 65.2 cm³/mol. The molecule has 19 heavy (non-hydrogen) atoms. The molecule has 0 aromatic heterocycles. The van der Waals surface area contributed by atoms with Gasteiger partial charge in [0.25, 0.3) is 0 Å². The first-order chi connectivity index (χ1) is 8.65. The fourth-order valence-corrected chi connectivity index (χ4v) is 2.54. The number of halogens is 2. The van der Waals surface area contributed by atoms with Gasteiger partial charge in [-0.05, 0) is 19.1 Å². The van der Waals surface area contributed by atoms with Crippen LogP contribution in [0.5, 0.6) is 0 Å². The number of hydrogen-bond donors (Lipinski definition) is 3. The fraction of sp³-hybridized carbons (Fsp3) is 0.300. The van der Waals surface area contributed by atoms with Gasteiger partial charge in [-0.2, -0.15) is 0 Å². The molecule has 0 fully saturated rings. The number of nitrogens with one attached hydrogen (secondary N) is 1. The average Bonchev–Trinajstić information content (AvgIpc) is 2.29. The Morgan fingerprint density at radius 1 is 1.53 bits per heavy atom. The molecule has 1 aromatic carbocycles. The van der Waals surface area contributed by atoms with Crippen molar-refractivity contribution in [3.63, 3.8) is 0 Å². The summed E-state index contributed by atoms with van der Waals surface area (Å²) in [6.07, 6.45) is -0.939. The molecule has 0 spiro atoms. The highest BCUT2D eigenvalue weighted by atomic mass is 35.5. The van der Waals surface area contributed by atoms with E-state index < -0.39 is 43.4 Å². The molecule has 1 rings (SSSR count). The minimum absolute atomic E-state index is 0.283. The first kappa shape index (κ1) is 15.8. The van der Waals surface area contributed by atoms with Crippen molar-refractivity contribution in [3.05, 3.63) is 28.5 Å². The molecule has 0 aliphatic rings. The third-order valence-corrected chi connectivity index (χ3v) is 3.90. The van der Waals surface area contributed by atoms with Crippen molar-refractivity contribution in [2.75, 3.05) is 6.54 Å². The summed E-state index contributed by atoms with van der Waals surface area (Å²) in [6.45, 7) is 1.07. The van der Waals surface area contributed by atoms with Crippen molar-refractivity contribution < 1.29 is 27.8 Å². The zero-order chi connectivity index (χ0) is 14.8. The van der Waals surface area contributed by atoms with Gasteiger partial charge in [0.15, 0.2) is 0 Å². The number of carboxylic acid groups (broad SMARTS) is 1. The van der Waals surface area contributed by atoms with Crippen LogP contribution in [0, 0.1) is 5.82 Å². The van der Waals surface area contributed by atoms with Gasteiger partial charge in [0.1, 0.15) is 5.82 Å². The highest BCUT2D eigenvalue weighted by Crippen LogP contribution is 2.24. The van der Waals surface area contributed by atoms with Crippen LogP contribution in [-0.4, -0.2) is 37.2 Å². The molecule has 1 aromatic rings. The van der Waals surface area contributed by atoms with E-state index in [9.17, 15) is 17.6 Å². The predicted octanol–water partition coefficient (Wildman–Crippen LogP) is 0.836. The summed E-state index contributed by atoms with van der Waals surface area (Å²) in [5.74, 6) is -2.70. The Kier molecular flexibility index (Phi) is 4.86. The average molecular weight is 312 g/mol. The molecular formula is C10H11ClFNO5S. The number of aromatic carboxylic acids is 1. The van der Waals surface area contributed by atoms with E-state index in [0.29, 0.717) is 6.07 Å². The Morgan fingerprint density at radius 3 is 2.58 bits per heavy atom. The topological polar surface area (TPSA) is 104 Å². The Balaban J connectivity index is 3.25. The molecule has 0 radical (unpaired) electrons. The molecule has 1 atom stereocenters. The van der Waals surface area contributed by atoms with Gasteiger partial charge in [0.2, 0.25) is 10.0 Å². The Bertz CT molecular complexity index is 602.